The monoisotopic (exact) mass is 476 g/mol. The van der Waals surface area contributed by atoms with Crippen LogP contribution in [0, 0.1) is 6.92 Å². The minimum absolute atomic E-state index is 0. The lowest BCUT2D eigenvalue weighted by atomic mass is 9.97. The first kappa shape index (κ1) is 24.1. The van der Waals surface area contributed by atoms with Gasteiger partial charge in [0.1, 0.15) is 17.3 Å². The summed E-state index contributed by atoms with van der Waals surface area (Å²) in [5.41, 5.74) is 8.91. The van der Waals surface area contributed by atoms with Crippen LogP contribution in [-0.2, 0) is 12.8 Å². The molecule has 178 valence electrons. The second-order valence-corrected chi connectivity index (χ2v) is 8.90. The standard InChI is InChI=1S/C28H32N4O.ClH/c1-5-20(6-2)29-27-23-13-10-14-24(23)30-28-25(22-16-15-21(33-4)17-18(22)3)26(31-32(27)28)19-11-8-7-9-12-19;/h7-9,11-12,15-17,20,29H,5-6,10,13-14H2,1-4H3;1H. The number of methoxy groups -OCH3 is 1. The summed E-state index contributed by atoms with van der Waals surface area (Å²) in [6, 6.07) is 17.1. The Morgan fingerprint density at radius 3 is 2.50 bits per heavy atom. The van der Waals surface area contributed by atoms with Gasteiger partial charge >= 0.3 is 0 Å². The fourth-order valence-electron chi connectivity index (χ4n) is 4.95. The van der Waals surface area contributed by atoms with E-state index in [1.165, 1.54) is 11.3 Å². The minimum Gasteiger partial charge on any atom is -0.497 e. The van der Waals surface area contributed by atoms with E-state index >= 15 is 0 Å². The van der Waals surface area contributed by atoms with Gasteiger partial charge in [-0.15, -0.1) is 12.4 Å². The molecule has 6 heteroatoms. The zero-order valence-electron chi connectivity index (χ0n) is 20.4. The van der Waals surface area contributed by atoms with Gasteiger partial charge in [-0.05, 0) is 62.3 Å². The van der Waals surface area contributed by atoms with Crippen LogP contribution in [0.25, 0.3) is 28.0 Å². The van der Waals surface area contributed by atoms with E-state index in [-0.39, 0.29) is 12.4 Å². The van der Waals surface area contributed by atoms with Crippen molar-refractivity contribution in [3.63, 3.8) is 0 Å². The zero-order chi connectivity index (χ0) is 22.9. The van der Waals surface area contributed by atoms with Crippen LogP contribution in [0.3, 0.4) is 0 Å². The predicted molar refractivity (Wildman–Crippen MR) is 142 cm³/mol. The number of ether oxygens (including phenoxy) is 1. The van der Waals surface area contributed by atoms with E-state index in [9.17, 15) is 0 Å². The molecule has 0 radical (unpaired) electrons. The Morgan fingerprint density at radius 2 is 1.82 bits per heavy atom. The Balaban J connectivity index is 0.00000274. The fourth-order valence-corrected chi connectivity index (χ4v) is 4.95. The van der Waals surface area contributed by atoms with Crippen molar-refractivity contribution >= 4 is 23.9 Å². The number of hydrogen-bond donors (Lipinski definition) is 1. The molecule has 2 aromatic heterocycles. The van der Waals surface area contributed by atoms with Crippen LogP contribution in [0.4, 0.5) is 5.82 Å². The molecule has 2 heterocycles. The Labute approximate surface area is 208 Å². The summed E-state index contributed by atoms with van der Waals surface area (Å²) in [6.45, 7) is 6.61. The van der Waals surface area contributed by atoms with Crippen molar-refractivity contribution in [3.05, 3.63) is 65.4 Å². The summed E-state index contributed by atoms with van der Waals surface area (Å²) in [5, 5.41) is 9.04. The number of hydrogen-bond acceptors (Lipinski definition) is 4. The van der Waals surface area contributed by atoms with Gasteiger partial charge in [-0.25, -0.2) is 4.98 Å². The first-order valence-electron chi connectivity index (χ1n) is 12.1. The molecule has 5 nitrogen and oxygen atoms in total. The summed E-state index contributed by atoms with van der Waals surface area (Å²) >= 11 is 0. The van der Waals surface area contributed by atoms with Crippen molar-refractivity contribution in [2.75, 3.05) is 12.4 Å². The van der Waals surface area contributed by atoms with Crippen LogP contribution < -0.4 is 10.1 Å². The van der Waals surface area contributed by atoms with Crippen molar-refractivity contribution in [3.8, 4) is 28.1 Å². The van der Waals surface area contributed by atoms with Crippen molar-refractivity contribution in [1.82, 2.24) is 14.6 Å². The molecule has 0 unspecified atom stereocenters. The number of benzene rings is 2. The van der Waals surface area contributed by atoms with Crippen molar-refractivity contribution in [2.45, 2.75) is 58.9 Å². The SMILES string of the molecule is CCC(CC)Nc1c2c(nc3c(-c4ccc(OC)cc4C)c(-c4ccccc4)nn13)CCC2.Cl. The summed E-state index contributed by atoms with van der Waals surface area (Å²) in [6.07, 6.45) is 5.38. The highest BCUT2D eigenvalue weighted by Crippen LogP contribution is 2.40. The van der Waals surface area contributed by atoms with Crippen molar-refractivity contribution < 1.29 is 4.74 Å². The lowest BCUT2D eigenvalue weighted by molar-refractivity contribution is 0.414. The van der Waals surface area contributed by atoms with Crippen LogP contribution in [-0.4, -0.2) is 27.7 Å². The van der Waals surface area contributed by atoms with Crippen LogP contribution in [0.15, 0.2) is 48.5 Å². The molecule has 0 saturated carbocycles. The molecule has 5 rings (SSSR count). The molecule has 1 aliphatic carbocycles. The largest absolute Gasteiger partial charge is 0.497 e. The van der Waals surface area contributed by atoms with E-state index < -0.39 is 0 Å². The molecule has 0 amide bonds. The lowest BCUT2D eigenvalue weighted by Gasteiger charge is -2.20. The number of anilines is 1. The van der Waals surface area contributed by atoms with Gasteiger partial charge in [-0.2, -0.15) is 9.61 Å². The molecule has 1 aliphatic rings. The molecule has 4 aromatic rings. The first-order valence-corrected chi connectivity index (χ1v) is 12.1. The average molecular weight is 477 g/mol. The van der Waals surface area contributed by atoms with E-state index in [4.69, 9.17) is 14.8 Å². The quantitative estimate of drug-likeness (QED) is 0.315. The number of nitrogens with one attached hydrogen (secondary N) is 1. The minimum atomic E-state index is 0. The summed E-state index contributed by atoms with van der Waals surface area (Å²) in [4.78, 5) is 5.21. The Hall–Kier alpha value is -3.05. The number of rotatable bonds is 7. The summed E-state index contributed by atoms with van der Waals surface area (Å²) < 4.78 is 7.54. The molecule has 0 aliphatic heterocycles. The number of aromatic nitrogens is 3. The second-order valence-electron chi connectivity index (χ2n) is 8.90. The van der Waals surface area contributed by atoms with Gasteiger partial charge in [0.05, 0.1) is 12.7 Å². The Kier molecular flexibility index (Phi) is 7.13. The molecular weight excluding hydrogens is 444 g/mol. The molecule has 1 N–H and O–H groups in total. The molecule has 0 atom stereocenters. The molecule has 0 saturated heterocycles. The van der Waals surface area contributed by atoms with Gasteiger partial charge in [0, 0.05) is 22.9 Å². The highest BCUT2D eigenvalue weighted by atomic mass is 35.5. The molecular formula is C28H33ClN4O. The molecule has 0 spiro atoms. The van der Waals surface area contributed by atoms with Crippen molar-refractivity contribution in [2.24, 2.45) is 0 Å². The van der Waals surface area contributed by atoms with E-state index in [0.29, 0.717) is 6.04 Å². The third-order valence-electron chi connectivity index (χ3n) is 6.86. The Morgan fingerprint density at radius 1 is 1.06 bits per heavy atom. The van der Waals surface area contributed by atoms with E-state index in [1.807, 2.05) is 12.1 Å². The van der Waals surface area contributed by atoms with Crippen LogP contribution in [0.1, 0.15) is 49.9 Å². The summed E-state index contributed by atoms with van der Waals surface area (Å²) in [7, 11) is 1.71. The van der Waals surface area contributed by atoms with Gasteiger partial charge in [-0.3, -0.25) is 0 Å². The van der Waals surface area contributed by atoms with Gasteiger partial charge < -0.3 is 10.1 Å². The summed E-state index contributed by atoms with van der Waals surface area (Å²) in [5.74, 6) is 1.98. The average Bonchev–Trinajstić information content (AvgIpc) is 3.47. The van der Waals surface area contributed by atoms with Gasteiger partial charge in [0.15, 0.2) is 5.65 Å². The molecule has 34 heavy (non-hydrogen) atoms. The normalized spacial score (nSPS) is 12.6. The molecule has 0 fully saturated rings. The van der Waals surface area contributed by atoms with E-state index in [2.05, 4.69) is 67.0 Å². The number of aryl methyl sites for hydroxylation is 2. The maximum Gasteiger partial charge on any atom is 0.166 e. The third-order valence-corrected chi connectivity index (χ3v) is 6.86. The van der Waals surface area contributed by atoms with Crippen LogP contribution in [0.2, 0.25) is 0 Å². The van der Waals surface area contributed by atoms with Crippen LogP contribution in [0.5, 0.6) is 5.75 Å². The molecule has 2 aromatic carbocycles. The van der Waals surface area contributed by atoms with Gasteiger partial charge in [0.2, 0.25) is 0 Å². The van der Waals surface area contributed by atoms with Gasteiger partial charge in [-0.1, -0.05) is 50.2 Å². The maximum absolute atomic E-state index is 5.47. The highest BCUT2D eigenvalue weighted by Gasteiger charge is 2.27. The maximum atomic E-state index is 5.47. The number of halogens is 1. The van der Waals surface area contributed by atoms with Gasteiger partial charge in [0.25, 0.3) is 0 Å². The highest BCUT2D eigenvalue weighted by molar-refractivity contribution is 5.92. The third kappa shape index (κ3) is 4.14. The topological polar surface area (TPSA) is 51.5 Å². The van der Waals surface area contributed by atoms with E-state index in [0.717, 1.165) is 77.3 Å². The molecule has 0 bridgehead atoms. The van der Waals surface area contributed by atoms with Crippen LogP contribution >= 0.6 is 12.4 Å². The van der Waals surface area contributed by atoms with E-state index in [1.54, 1.807) is 7.11 Å². The second kappa shape index (κ2) is 10.1. The Bertz CT molecular complexity index is 1300. The number of nitrogens with zero attached hydrogens (tertiary/aromatic N) is 3. The lowest BCUT2D eigenvalue weighted by Crippen LogP contribution is -2.21. The zero-order valence-corrected chi connectivity index (χ0v) is 21.2. The van der Waals surface area contributed by atoms with Crippen molar-refractivity contribution in [1.29, 1.82) is 0 Å². The first-order chi connectivity index (χ1) is 16.1. The predicted octanol–water partition coefficient (Wildman–Crippen LogP) is 6.89. The smallest absolute Gasteiger partial charge is 0.166 e. The number of fused-ring (bicyclic) bond motifs is 2. The fraction of sp³-hybridized carbons (Fsp3) is 0.357.